The van der Waals surface area contributed by atoms with E-state index in [4.69, 9.17) is 10.3 Å². The summed E-state index contributed by atoms with van der Waals surface area (Å²) in [5.74, 6) is -1.26. The standard InChI is InChI=1S/C18H21N3O4.C4H10.C3H8O/c1-19-17(23)11-20-18(24)15(10-16(22)21-25)9-12-6-7-13-4-2-3-5-14(13)8-12;1-4(2)3;1-2-3-4/h2-8,15,25H,9-11H2,1H3,(H,19,23)(H,20,24)(H,21,22);4H,1-3H3;4H,2-3H2,1H3. The van der Waals surface area contributed by atoms with Crippen LogP contribution >= 0.6 is 0 Å². The van der Waals surface area contributed by atoms with Gasteiger partial charge in [-0.25, -0.2) is 5.48 Å². The highest BCUT2D eigenvalue weighted by Gasteiger charge is 2.22. The minimum Gasteiger partial charge on any atom is -0.396 e. The summed E-state index contributed by atoms with van der Waals surface area (Å²) in [6.07, 6.45) is 1.01. The van der Waals surface area contributed by atoms with Crippen molar-refractivity contribution in [2.45, 2.75) is 47.0 Å². The van der Waals surface area contributed by atoms with Crippen LogP contribution in [-0.2, 0) is 20.8 Å². The number of hydrogen-bond donors (Lipinski definition) is 5. The van der Waals surface area contributed by atoms with Gasteiger partial charge in [0.2, 0.25) is 17.7 Å². The molecule has 0 saturated carbocycles. The number of rotatable bonds is 8. The van der Waals surface area contributed by atoms with E-state index >= 15 is 0 Å². The molecule has 0 fully saturated rings. The lowest BCUT2D eigenvalue weighted by Gasteiger charge is -2.16. The second kappa shape index (κ2) is 17.6. The van der Waals surface area contributed by atoms with Crippen LogP contribution in [0.5, 0.6) is 0 Å². The van der Waals surface area contributed by atoms with Gasteiger partial charge in [0.25, 0.3) is 0 Å². The van der Waals surface area contributed by atoms with Crippen LogP contribution < -0.4 is 16.1 Å². The number of fused-ring (bicyclic) bond motifs is 1. The van der Waals surface area contributed by atoms with Crippen LogP contribution in [0.1, 0.15) is 46.1 Å². The maximum absolute atomic E-state index is 12.3. The van der Waals surface area contributed by atoms with Crippen LogP contribution in [0.2, 0.25) is 0 Å². The van der Waals surface area contributed by atoms with Gasteiger partial charge in [-0.1, -0.05) is 70.2 Å². The molecule has 0 aliphatic rings. The molecule has 0 radical (unpaired) electrons. The van der Waals surface area contributed by atoms with Gasteiger partial charge >= 0.3 is 0 Å². The minimum absolute atomic E-state index is 0.162. The van der Waals surface area contributed by atoms with Gasteiger partial charge in [-0.15, -0.1) is 0 Å². The SMILES string of the molecule is CC(C)C.CCCO.CNC(=O)CNC(=O)C(CC(=O)NO)Cc1ccc2ccccc2c1. The first-order valence-corrected chi connectivity index (χ1v) is 11.2. The largest absolute Gasteiger partial charge is 0.396 e. The molecule has 33 heavy (non-hydrogen) atoms. The normalized spacial score (nSPS) is 10.8. The van der Waals surface area contributed by atoms with Crippen molar-refractivity contribution in [3.8, 4) is 0 Å². The van der Waals surface area contributed by atoms with Gasteiger partial charge in [-0.05, 0) is 35.1 Å². The first-order chi connectivity index (χ1) is 15.7. The Labute approximate surface area is 196 Å². The van der Waals surface area contributed by atoms with Crippen molar-refractivity contribution in [2.75, 3.05) is 20.2 Å². The molecule has 0 heterocycles. The fourth-order valence-corrected chi connectivity index (χ4v) is 2.58. The Kier molecular flexibility index (Phi) is 16.0. The molecule has 2 aromatic rings. The van der Waals surface area contributed by atoms with Crippen LogP contribution in [0, 0.1) is 11.8 Å². The number of hydroxylamine groups is 1. The molecule has 8 nitrogen and oxygen atoms in total. The summed E-state index contributed by atoms with van der Waals surface area (Å²) in [7, 11) is 1.47. The van der Waals surface area contributed by atoms with Crippen molar-refractivity contribution in [1.29, 1.82) is 0 Å². The van der Waals surface area contributed by atoms with E-state index in [1.165, 1.54) is 7.05 Å². The topological polar surface area (TPSA) is 128 Å². The van der Waals surface area contributed by atoms with E-state index in [1.807, 2.05) is 49.4 Å². The third kappa shape index (κ3) is 13.9. The molecule has 0 spiro atoms. The van der Waals surface area contributed by atoms with Gasteiger partial charge in [0.15, 0.2) is 0 Å². The van der Waals surface area contributed by atoms with Crippen molar-refractivity contribution in [1.82, 2.24) is 16.1 Å². The number of nitrogens with one attached hydrogen (secondary N) is 3. The first-order valence-electron chi connectivity index (χ1n) is 11.2. The van der Waals surface area contributed by atoms with E-state index in [1.54, 1.807) is 5.48 Å². The number of hydrogen-bond acceptors (Lipinski definition) is 5. The molecule has 0 aliphatic carbocycles. The molecule has 0 bridgehead atoms. The van der Waals surface area contributed by atoms with Crippen molar-refractivity contribution in [3.63, 3.8) is 0 Å². The summed E-state index contributed by atoms with van der Waals surface area (Å²) in [5.41, 5.74) is 2.44. The Morgan fingerprint density at radius 3 is 2.06 bits per heavy atom. The maximum atomic E-state index is 12.3. The molecule has 2 rings (SSSR count). The molecule has 5 N–H and O–H groups in total. The summed E-state index contributed by atoms with van der Waals surface area (Å²) in [6, 6.07) is 13.7. The van der Waals surface area contributed by atoms with Crippen molar-refractivity contribution >= 4 is 28.5 Å². The molecule has 184 valence electrons. The van der Waals surface area contributed by atoms with Crippen molar-refractivity contribution in [2.24, 2.45) is 11.8 Å². The van der Waals surface area contributed by atoms with E-state index in [2.05, 4.69) is 31.4 Å². The van der Waals surface area contributed by atoms with Gasteiger partial charge in [-0.3, -0.25) is 19.6 Å². The van der Waals surface area contributed by atoms with E-state index in [-0.39, 0.29) is 18.9 Å². The summed E-state index contributed by atoms with van der Waals surface area (Å²) in [6.45, 7) is 8.59. The summed E-state index contributed by atoms with van der Waals surface area (Å²) in [4.78, 5) is 35.1. The Morgan fingerprint density at radius 1 is 0.970 bits per heavy atom. The van der Waals surface area contributed by atoms with Crippen LogP contribution in [0.4, 0.5) is 0 Å². The predicted octanol–water partition coefficient (Wildman–Crippen LogP) is 2.81. The number of aliphatic hydroxyl groups is 1. The van der Waals surface area contributed by atoms with Crippen LogP contribution in [-0.4, -0.2) is 48.2 Å². The smallest absolute Gasteiger partial charge is 0.244 e. The first kappa shape index (κ1) is 30.0. The molecule has 0 saturated heterocycles. The molecule has 8 heteroatoms. The van der Waals surface area contributed by atoms with Gasteiger partial charge in [0.05, 0.1) is 12.5 Å². The molecule has 1 atom stereocenters. The molecule has 1 unspecified atom stereocenters. The van der Waals surface area contributed by atoms with Gasteiger partial charge in [-0.2, -0.15) is 0 Å². The van der Waals surface area contributed by atoms with Crippen molar-refractivity contribution in [3.05, 3.63) is 48.0 Å². The van der Waals surface area contributed by atoms with Crippen molar-refractivity contribution < 1.29 is 24.7 Å². The van der Waals surface area contributed by atoms with E-state index < -0.39 is 17.7 Å². The Balaban J connectivity index is 0.00000111. The predicted molar refractivity (Wildman–Crippen MR) is 131 cm³/mol. The average molecular weight is 462 g/mol. The van der Waals surface area contributed by atoms with Gasteiger partial charge < -0.3 is 15.7 Å². The fourth-order valence-electron chi connectivity index (χ4n) is 2.58. The van der Waals surface area contributed by atoms with Crippen LogP contribution in [0.3, 0.4) is 0 Å². The average Bonchev–Trinajstić information content (AvgIpc) is 2.81. The zero-order chi connectivity index (χ0) is 25.2. The molecular weight excluding hydrogens is 422 g/mol. The third-order valence-electron chi connectivity index (χ3n) is 4.15. The van der Waals surface area contributed by atoms with Gasteiger partial charge in [0, 0.05) is 20.1 Å². The lowest BCUT2D eigenvalue weighted by Crippen LogP contribution is -2.40. The lowest BCUT2D eigenvalue weighted by molar-refractivity contribution is -0.135. The third-order valence-corrected chi connectivity index (χ3v) is 4.15. The second-order valence-corrected chi connectivity index (χ2v) is 8.17. The monoisotopic (exact) mass is 461 g/mol. The fraction of sp³-hybridized carbons (Fsp3) is 0.480. The zero-order valence-electron chi connectivity index (χ0n) is 20.4. The summed E-state index contributed by atoms with van der Waals surface area (Å²) >= 11 is 0. The number of carbonyl (C=O) groups is 3. The molecular formula is C25H39N3O5. The number of benzene rings is 2. The number of amides is 3. The maximum Gasteiger partial charge on any atom is 0.244 e. The lowest BCUT2D eigenvalue weighted by atomic mass is 9.93. The Morgan fingerprint density at radius 2 is 1.55 bits per heavy atom. The van der Waals surface area contributed by atoms with Crippen LogP contribution in [0.25, 0.3) is 10.8 Å². The highest BCUT2D eigenvalue weighted by atomic mass is 16.5. The summed E-state index contributed by atoms with van der Waals surface area (Å²) in [5, 5.41) is 23.6. The zero-order valence-corrected chi connectivity index (χ0v) is 20.4. The van der Waals surface area contributed by atoms with E-state index in [0.717, 1.165) is 28.7 Å². The molecule has 3 amide bonds. The summed E-state index contributed by atoms with van der Waals surface area (Å²) < 4.78 is 0. The Bertz CT molecular complexity index is 850. The van der Waals surface area contributed by atoms with Crippen LogP contribution in [0.15, 0.2) is 42.5 Å². The molecule has 0 aliphatic heterocycles. The second-order valence-electron chi connectivity index (χ2n) is 8.17. The minimum atomic E-state index is -0.696. The highest BCUT2D eigenvalue weighted by molar-refractivity contribution is 5.89. The molecule has 0 aromatic heterocycles. The molecule has 2 aromatic carbocycles. The number of carbonyl (C=O) groups excluding carboxylic acids is 3. The van der Waals surface area contributed by atoms with Gasteiger partial charge in [0.1, 0.15) is 0 Å². The number of likely N-dealkylation sites (N-methyl/N-ethyl adjacent to an activating group) is 1. The van der Waals surface area contributed by atoms with E-state index in [9.17, 15) is 14.4 Å². The Hall–Kier alpha value is -2.97. The highest BCUT2D eigenvalue weighted by Crippen LogP contribution is 2.19. The van der Waals surface area contributed by atoms with E-state index in [0.29, 0.717) is 13.0 Å². The quantitative estimate of drug-likeness (QED) is 0.305. The number of aliphatic hydroxyl groups excluding tert-OH is 1.